The zero-order chi connectivity index (χ0) is 14.8. The first kappa shape index (κ1) is 17.4. The Kier molecular flexibility index (Phi) is 5.94. The molecule has 1 aliphatic rings. The molecule has 1 unspecified atom stereocenters. The quantitative estimate of drug-likeness (QED) is 0.908. The van der Waals surface area contributed by atoms with Gasteiger partial charge >= 0.3 is 0 Å². The van der Waals surface area contributed by atoms with Gasteiger partial charge in [-0.1, -0.05) is 13.8 Å². The Morgan fingerprint density at radius 2 is 2.23 bits per heavy atom. The second-order valence-corrected chi connectivity index (χ2v) is 7.44. The normalized spacial score (nSPS) is 17.4. The van der Waals surface area contributed by atoms with Crippen molar-refractivity contribution < 1.29 is 0 Å². The fraction of sp³-hybridized carbons (Fsp3) is 0.667. The molecule has 0 aliphatic carbocycles. The summed E-state index contributed by atoms with van der Waals surface area (Å²) in [6.45, 7) is 9.44. The third-order valence-electron chi connectivity index (χ3n) is 3.99. The molecule has 0 amide bonds. The van der Waals surface area contributed by atoms with Crippen molar-refractivity contribution in [2.75, 3.05) is 6.54 Å². The van der Waals surface area contributed by atoms with Gasteiger partial charge in [0, 0.05) is 43.0 Å². The molecule has 2 aromatic rings. The van der Waals surface area contributed by atoms with E-state index in [2.05, 4.69) is 45.8 Å². The molecule has 2 aromatic heterocycles. The third-order valence-corrected chi connectivity index (χ3v) is 4.90. The number of rotatable bonds is 5. The zero-order valence-electron chi connectivity index (χ0n) is 13.4. The minimum Gasteiger partial charge on any atom is -0.314 e. The van der Waals surface area contributed by atoms with Gasteiger partial charge in [0.05, 0.1) is 5.01 Å². The molecule has 5 nitrogen and oxygen atoms in total. The highest BCUT2D eigenvalue weighted by molar-refractivity contribution is 7.11. The van der Waals surface area contributed by atoms with Crippen LogP contribution in [0.2, 0.25) is 0 Å². The van der Waals surface area contributed by atoms with Crippen LogP contribution in [-0.2, 0) is 19.5 Å². The summed E-state index contributed by atoms with van der Waals surface area (Å²) in [7, 11) is 0. The fourth-order valence-corrected chi connectivity index (χ4v) is 3.66. The van der Waals surface area contributed by atoms with Crippen molar-refractivity contribution in [1.29, 1.82) is 0 Å². The van der Waals surface area contributed by atoms with Gasteiger partial charge in [-0.05, 0) is 19.3 Å². The molecule has 1 atom stereocenters. The molecular weight excluding hydrogens is 318 g/mol. The lowest BCUT2D eigenvalue weighted by atomic mass is 9.98. The second-order valence-electron chi connectivity index (χ2n) is 6.12. The van der Waals surface area contributed by atoms with Gasteiger partial charge < -0.3 is 9.88 Å². The van der Waals surface area contributed by atoms with Gasteiger partial charge in [-0.15, -0.1) is 33.9 Å². The van der Waals surface area contributed by atoms with Crippen LogP contribution in [0.25, 0.3) is 0 Å². The van der Waals surface area contributed by atoms with E-state index in [0.29, 0.717) is 11.8 Å². The molecular formula is C15H24ClN5S. The second kappa shape index (κ2) is 7.53. The molecule has 7 heteroatoms. The van der Waals surface area contributed by atoms with Crippen molar-refractivity contribution in [1.82, 2.24) is 25.1 Å². The summed E-state index contributed by atoms with van der Waals surface area (Å²) in [6.07, 6.45) is 4.22. The molecule has 0 fully saturated rings. The van der Waals surface area contributed by atoms with Crippen LogP contribution in [0.5, 0.6) is 0 Å². The lowest BCUT2D eigenvalue weighted by Gasteiger charge is -2.25. The van der Waals surface area contributed by atoms with E-state index in [1.54, 1.807) is 11.3 Å². The average molecular weight is 342 g/mol. The van der Waals surface area contributed by atoms with Crippen LogP contribution in [0.4, 0.5) is 0 Å². The van der Waals surface area contributed by atoms with E-state index in [0.717, 1.165) is 42.7 Å². The summed E-state index contributed by atoms with van der Waals surface area (Å²) in [4.78, 5) is 5.61. The Bertz CT molecular complexity index is 607. The smallest absolute Gasteiger partial charge is 0.135 e. The van der Waals surface area contributed by atoms with Crippen molar-refractivity contribution in [3.8, 4) is 0 Å². The molecule has 22 heavy (non-hydrogen) atoms. The molecule has 0 saturated heterocycles. The number of halogens is 1. The molecule has 0 saturated carbocycles. The maximum Gasteiger partial charge on any atom is 0.135 e. The third kappa shape index (κ3) is 3.86. The molecule has 3 rings (SSSR count). The highest BCUT2D eigenvalue weighted by atomic mass is 35.5. The molecule has 122 valence electrons. The lowest BCUT2D eigenvalue weighted by molar-refractivity contribution is 0.340. The van der Waals surface area contributed by atoms with Crippen molar-refractivity contribution in [3.63, 3.8) is 0 Å². The predicted molar refractivity (Wildman–Crippen MR) is 91.7 cm³/mol. The monoisotopic (exact) mass is 341 g/mol. The Labute approximate surface area is 142 Å². The molecule has 1 N–H and O–H groups in total. The number of thiazole rings is 1. The van der Waals surface area contributed by atoms with E-state index in [1.165, 1.54) is 11.3 Å². The summed E-state index contributed by atoms with van der Waals surface area (Å²) in [5.41, 5.74) is 0. The van der Waals surface area contributed by atoms with Crippen LogP contribution < -0.4 is 5.32 Å². The van der Waals surface area contributed by atoms with E-state index >= 15 is 0 Å². The summed E-state index contributed by atoms with van der Waals surface area (Å²) < 4.78 is 2.33. The van der Waals surface area contributed by atoms with Crippen LogP contribution in [0.3, 0.4) is 0 Å². The number of nitrogens with one attached hydrogen (secondary N) is 1. The summed E-state index contributed by atoms with van der Waals surface area (Å²) in [6, 6.07) is 0. The SMILES string of the molecule is Cc1ncc(CNCC2CCc3nnc(C(C)C)n3C2)s1.Cl. The van der Waals surface area contributed by atoms with Crippen molar-refractivity contribution in [2.24, 2.45) is 5.92 Å². The number of hydrogen-bond acceptors (Lipinski definition) is 5. The number of aromatic nitrogens is 4. The van der Waals surface area contributed by atoms with Gasteiger partial charge in [-0.25, -0.2) is 4.98 Å². The topological polar surface area (TPSA) is 55.6 Å². The minimum absolute atomic E-state index is 0. The van der Waals surface area contributed by atoms with E-state index in [-0.39, 0.29) is 12.4 Å². The number of aryl methyl sites for hydroxylation is 2. The van der Waals surface area contributed by atoms with Crippen molar-refractivity contribution >= 4 is 23.7 Å². The fourth-order valence-electron chi connectivity index (χ4n) is 2.90. The van der Waals surface area contributed by atoms with Crippen LogP contribution in [0, 0.1) is 12.8 Å². The van der Waals surface area contributed by atoms with E-state index in [1.807, 2.05) is 6.20 Å². The Hall–Kier alpha value is -0.980. The largest absolute Gasteiger partial charge is 0.314 e. The first-order valence-electron chi connectivity index (χ1n) is 7.67. The Morgan fingerprint density at radius 1 is 1.41 bits per heavy atom. The van der Waals surface area contributed by atoms with Crippen LogP contribution in [0.15, 0.2) is 6.20 Å². The molecule has 0 aromatic carbocycles. The average Bonchev–Trinajstić information content (AvgIpc) is 3.04. The van der Waals surface area contributed by atoms with Gasteiger partial charge in [0.25, 0.3) is 0 Å². The van der Waals surface area contributed by atoms with Crippen LogP contribution in [0.1, 0.15) is 47.7 Å². The van der Waals surface area contributed by atoms with E-state index in [4.69, 9.17) is 0 Å². The maximum atomic E-state index is 4.35. The summed E-state index contributed by atoms with van der Waals surface area (Å²) >= 11 is 1.77. The Morgan fingerprint density at radius 3 is 2.91 bits per heavy atom. The molecule has 0 bridgehead atoms. The van der Waals surface area contributed by atoms with Gasteiger partial charge in [0.2, 0.25) is 0 Å². The van der Waals surface area contributed by atoms with Gasteiger partial charge in [0.15, 0.2) is 0 Å². The highest BCUT2D eigenvalue weighted by Gasteiger charge is 2.23. The van der Waals surface area contributed by atoms with Gasteiger partial charge in [0.1, 0.15) is 11.6 Å². The zero-order valence-corrected chi connectivity index (χ0v) is 15.0. The van der Waals surface area contributed by atoms with Gasteiger partial charge in [-0.3, -0.25) is 0 Å². The maximum absolute atomic E-state index is 4.35. The standard InChI is InChI=1S/C15H23N5S.ClH/c1-10(2)15-19-18-14-5-4-12(9-20(14)15)6-16-7-13-8-17-11(3)21-13;/h8,10,12,16H,4-7,9H2,1-3H3;1H. The lowest BCUT2D eigenvalue weighted by Crippen LogP contribution is -2.30. The molecule has 0 spiro atoms. The number of nitrogens with zero attached hydrogens (tertiary/aromatic N) is 4. The molecule has 3 heterocycles. The predicted octanol–water partition coefficient (Wildman–Crippen LogP) is 2.94. The summed E-state index contributed by atoms with van der Waals surface area (Å²) in [5, 5.41) is 13.4. The van der Waals surface area contributed by atoms with Gasteiger partial charge in [-0.2, -0.15) is 0 Å². The van der Waals surface area contributed by atoms with Crippen molar-refractivity contribution in [3.05, 3.63) is 27.7 Å². The van der Waals surface area contributed by atoms with Crippen molar-refractivity contribution in [2.45, 2.75) is 52.6 Å². The summed E-state index contributed by atoms with van der Waals surface area (Å²) in [5.74, 6) is 3.40. The Balaban J connectivity index is 0.00000176. The number of hydrogen-bond donors (Lipinski definition) is 1. The highest BCUT2D eigenvalue weighted by Crippen LogP contribution is 2.23. The van der Waals surface area contributed by atoms with Crippen LogP contribution in [-0.4, -0.2) is 26.3 Å². The van der Waals surface area contributed by atoms with E-state index < -0.39 is 0 Å². The number of fused-ring (bicyclic) bond motifs is 1. The first-order valence-corrected chi connectivity index (χ1v) is 8.49. The minimum atomic E-state index is 0. The first-order chi connectivity index (χ1) is 10.1. The van der Waals surface area contributed by atoms with Crippen LogP contribution >= 0.6 is 23.7 Å². The molecule has 1 aliphatic heterocycles. The molecule has 0 radical (unpaired) electrons. The van der Waals surface area contributed by atoms with E-state index in [9.17, 15) is 0 Å².